The molecule has 0 saturated heterocycles. The standard InChI is InChI=1S/C22H26O2/c1-17-10-12-19(13-11-17)18(2)14-15-22(3,4)16-24-21(23)20-8-6-5-7-9-20/h5-13H,2,14-16H2,1,3-4H3. The molecule has 0 fully saturated rings. The molecular weight excluding hydrogens is 296 g/mol. The van der Waals surface area contributed by atoms with Crippen LogP contribution in [0.25, 0.3) is 5.57 Å². The van der Waals surface area contributed by atoms with Gasteiger partial charge in [-0.15, -0.1) is 0 Å². The fourth-order valence-corrected chi connectivity index (χ4v) is 2.41. The summed E-state index contributed by atoms with van der Waals surface area (Å²) < 4.78 is 5.48. The second kappa shape index (κ2) is 7.96. The third kappa shape index (κ3) is 5.38. The van der Waals surface area contributed by atoms with Crippen LogP contribution in [0.2, 0.25) is 0 Å². The monoisotopic (exact) mass is 322 g/mol. The molecule has 0 heterocycles. The van der Waals surface area contributed by atoms with Gasteiger partial charge in [0, 0.05) is 0 Å². The predicted octanol–water partition coefficient (Wildman–Crippen LogP) is 5.67. The van der Waals surface area contributed by atoms with Crippen molar-refractivity contribution in [3.8, 4) is 0 Å². The zero-order valence-electron chi connectivity index (χ0n) is 14.8. The lowest BCUT2D eigenvalue weighted by Crippen LogP contribution is -2.22. The van der Waals surface area contributed by atoms with Crippen LogP contribution in [-0.2, 0) is 4.74 Å². The van der Waals surface area contributed by atoms with Crippen molar-refractivity contribution in [3.63, 3.8) is 0 Å². The zero-order valence-corrected chi connectivity index (χ0v) is 14.8. The fraction of sp³-hybridized carbons (Fsp3) is 0.318. The summed E-state index contributed by atoms with van der Waals surface area (Å²) in [5, 5.41) is 0. The number of hydrogen-bond acceptors (Lipinski definition) is 2. The van der Waals surface area contributed by atoms with Crippen molar-refractivity contribution in [2.75, 3.05) is 6.61 Å². The van der Waals surface area contributed by atoms with E-state index in [9.17, 15) is 4.79 Å². The minimum atomic E-state index is -0.263. The van der Waals surface area contributed by atoms with Crippen LogP contribution in [0.4, 0.5) is 0 Å². The van der Waals surface area contributed by atoms with Gasteiger partial charge in [-0.25, -0.2) is 4.79 Å². The van der Waals surface area contributed by atoms with E-state index in [2.05, 4.69) is 51.6 Å². The predicted molar refractivity (Wildman–Crippen MR) is 100.0 cm³/mol. The molecule has 0 bridgehead atoms. The molecule has 0 unspecified atom stereocenters. The summed E-state index contributed by atoms with van der Waals surface area (Å²) in [6, 6.07) is 17.5. The summed E-state index contributed by atoms with van der Waals surface area (Å²) in [6.07, 6.45) is 1.81. The van der Waals surface area contributed by atoms with E-state index in [-0.39, 0.29) is 11.4 Å². The number of benzene rings is 2. The number of rotatable bonds is 7. The first kappa shape index (κ1) is 18.0. The molecule has 0 atom stereocenters. The number of ether oxygens (including phenoxy) is 1. The number of hydrogen-bond donors (Lipinski definition) is 0. The maximum atomic E-state index is 12.0. The van der Waals surface area contributed by atoms with E-state index in [1.807, 2.05) is 18.2 Å². The van der Waals surface area contributed by atoms with Gasteiger partial charge < -0.3 is 4.74 Å². The van der Waals surface area contributed by atoms with Gasteiger partial charge in [0.2, 0.25) is 0 Å². The number of carbonyl (C=O) groups excluding carboxylic acids is 1. The van der Waals surface area contributed by atoms with Crippen LogP contribution in [0.15, 0.2) is 61.2 Å². The first-order valence-corrected chi connectivity index (χ1v) is 8.34. The van der Waals surface area contributed by atoms with E-state index in [4.69, 9.17) is 4.74 Å². The Morgan fingerprint density at radius 1 is 1.00 bits per heavy atom. The number of allylic oxidation sites excluding steroid dienone is 1. The topological polar surface area (TPSA) is 26.3 Å². The van der Waals surface area contributed by atoms with E-state index in [1.54, 1.807) is 12.1 Å². The summed E-state index contributed by atoms with van der Waals surface area (Å²) in [4.78, 5) is 12.0. The largest absolute Gasteiger partial charge is 0.462 e. The Balaban J connectivity index is 1.83. The Hall–Kier alpha value is -2.35. The van der Waals surface area contributed by atoms with Crippen LogP contribution in [0.5, 0.6) is 0 Å². The molecule has 0 amide bonds. The second-order valence-electron chi connectivity index (χ2n) is 7.08. The van der Waals surface area contributed by atoms with Gasteiger partial charge in [0.05, 0.1) is 12.2 Å². The SMILES string of the molecule is C=C(CCC(C)(C)COC(=O)c1ccccc1)c1ccc(C)cc1. The van der Waals surface area contributed by atoms with Gasteiger partial charge in [-0.05, 0) is 48.4 Å². The van der Waals surface area contributed by atoms with Gasteiger partial charge in [0.15, 0.2) is 0 Å². The molecule has 0 aromatic heterocycles. The van der Waals surface area contributed by atoms with E-state index in [0.29, 0.717) is 12.2 Å². The molecule has 0 aliphatic rings. The Morgan fingerprint density at radius 2 is 1.62 bits per heavy atom. The van der Waals surface area contributed by atoms with Crippen LogP contribution >= 0.6 is 0 Å². The first-order chi connectivity index (χ1) is 11.4. The van der Waals surface area contributed by atoms with Gasteiger partial charge in [-0.3, -0.25) is 0 Å². The summed E-state index contributed by atoms with van der Waals surface area (Å²) in [6.45, 7) is 10.9. The third-order valence-corrected chi connectivity index (χ3v) is 4.17. The Labute approximate surface area is 145 Å². The molecule has 2 aromatic carbocycles. The second-order valence-corrected chi connectivity index (χ2v) is 7.08. The Kier molecular flexibility index (Phi) is 5.97. The average Bonchev–Trinajstić information content (AvgIpc) is 2.59. The molecule has 0 saturated carbocycles. The lowest BCUT2D eigenvalue weighted by molar-refractivity contribution is 0.0330. The van der Waals surface area contributed by atoms with Crippen molar-refractivity contribution in [3.05, 3.63) is 77.9 Å². The smallest absolute Gasteiger partial charge is 0.338 e. The molecule has 24 heavy (non-hydrogen) atoms. The van der Waals surface area contributed by atoms with Crippen LogP contribution in [0, 0.1) is 12.3 Å². The van der Waals surface area contributed by atoms with Gasteiger partial charge in [-0.2, -0.15) is 0 Å². The summed E-state index contributed by atoms with van der Waals surface area (Å²) >= 11 is 0. The maximum absolute atomic E-state index is 12.0. The highest BCUT2D eigenvalue weighted by atomic mass is 16.5. The number of carbonyl (C=O) groups is 1. The Bertz CT molecular complexity index is 682. The highest BCUT2D eigenvalue weighted by Crippen LogP contribution is 2.28. The van der Waals surface area contributed by atoms with Crippen LogP contribution in [0.1, 0.15) is 48.2 Å². The lowest BCUT2D eigenvalue weighted by atomic mass is 9.86. The van der Waals surface area contributed by atoms with Crippen LogP contribution < -0.4 is 0 Å². The van der Waals surface area contributed by atoms with E-state index < -0.39 is 0 Å². The quantitative estimate of drug-likeness (QED) is 0.614. The minimum Gasteiger partial charge on any atom is -0.462 e. The molecule has 0 aliphatic heterocycles. The number of esters is 1. The van der Waals surface area contributed by atoms with Crippen LogP contribution in [-0.4, -0.2) is 12.6 Å². The summed E-state index contributed by atoms with van der Waals surface area (Å²) in [7, 11) is 0. The lowest BCUT2D eigenvalue weighted by Gasteiger charge is -2.24. The normalized spacial score (nSPS) is 11.1. The fourth-order valence-electron chi connectivity index (χ4n) is 2.41. The molecular formula is C22H26O2. The molecule has 0 spiro atoms. The van der Waals surface area contributed by atoms with E-state index >= 15 is 0 Å². The molecule has 2 nitrogen and oxygen atoms in total. The maximum Gasteiger partial charge on any atom is 0.338 e. The van der Waals surface area contributed by atoms with Crippen molar-refractivity contribution < 1.29 is 9.53 Å². The molecule has 126 valence electrons. The van der Waals surface area contributed by atoms with Gasteiger partial charge in [-0.1, -0.05) is 68.5 Å². The number of aryl methyl sites for hydroxylation is 1. The van der Waals surface area contributed by atoms with Crippen molar-refractivity contribution in [1.82, 2.24) is 0 Å². The molecule has 2 rings (SSSR count). The molecule has 0 N–H and O–H groups in total. The first-order valence-electron chi connectivity index (χ1n) is 8.34. The molecule has 0 aliphatic carbocycles. The highest BCUT2D eigenvalue weighted by Gasteiger charge is 2.21. The van der Waals surface area contributed by atoms with Gasteiger partial charge in [0.25, 0.3) is 0 Å². The average molecular weight is 322 g/mol. The van der Waals surface area contributed by atoms with E-state index in [0.717, 1.165) is 18.4 Å². The molecule has 2 aromatic rings. The van der Waals surface area contributed by atoms with Crippen molar-refractivity contribution >= 4 is 11.5 Å². The minimum absolute atomic E-state index is 0.0852. The highest BCUT2D eigenvalue weighted by molar-refractivity contribution is 5.89. The Morgan fingerprint density at radius 3 is 2.25 bits per heavy atom. The van der Waals surface area contributed by atoms with E-state index in [1.165, 1.54) is 11.1 Å². The summed E-state index contributed by atoms with van der Waals surface area (Å²) in [5.74, 6) is -0.263. The van der Waals surface area contributed by atoms with Gasteiger partial charge >= 0.3 is 5.97 Å². The third-order valence-electron chi connectivity index (χ3n) is 4.17. The van der Waals surface area contributed by atoms with Crippen molar-refractivity contribution in [2.24, 2.45) is 5.41 Å². The molecule has 0 radical (unpaired) electrons. The van der Waals surface area contributed by atoms with Crippen molar-refractivity contribution in [2.45, 2.75) is 33.6 Å². The van der Waals surface area contributed by atoms with Crippen LogP contribution in [0.3, 0.4) is 0 Å². The zero-order chi connectivity index (χ0) is 17.6. The summed E-state index contributed by atoms with van der Waals surface area (Å²) in [5.41, 5.74) is 4.06. The van der Waals surface area contributed by atoms with Crippen molar-refractivity contribution in [1.29, 1.82) is 0 Å². The molecule has 2 heteroatoms. The van der Waals surface area contributed by atoms with Gasteiger partial charge in [0.1, 0.15) is 0 Å².